The lowest BCUT2D eigenvalue weighted by Gasteiger charge is -2.26. The molecule has 0 atom stereocenters. The number of rotatable bonds is 9. The molecule has 0 bridgehead atoms. The summed E-state index contributed by atoms with van der Waals surface area (Å²) < 4.78 is 19.1. The zero-order valence-corrected chi connectivity index (χ0v) is 27.7. The van der Waals surface area contributed by atoms with Crippen LogP contribution < -0.4 is 20.1 Å². The fraction of sp³-hybridized carbons (Fsp3) is 0.324. The van der Waals surface area contributed by atoms with Gasteiger partial charge in [-0.1, -0.05) is 51.1 Å². The number of benzene rings is 3. The number of urea groups is 1. The lowest BCUT2D eigenvalue weighted by atomic mass is 9.92. The van der Waals surface area contributed by atoms with E-state index in [0.29, 0.717) is 23.9 Å². The number of hydrogen-bond donors (Lipinski definition) is 1. The molecule has 1 saturated heterocycles. The Labute approximate surface area is 275 Å². The van der Waals surface area contributed by atoms with E-state index < -0.39 is 6.03 Å². The summed E-state index contributed by atoms with van der Waals surface area (Å²) in [7, 11) is 1.65. The normalized spacial score (nSPS) is 13.9. The third-order valence-electron chi connectivity index (χ3n) is 8.40. The van der Waals surface area contributed by atoms with E-state index in [4.69, 9.17) is 25.0 Å². The Balaban J connectivity index is 1.42. The van der Waals surface area contributed by atoms with Gasteiger partial charge in [-0.25, -0.2) is 14.4 Å². The summed E-state index contributed by atoms with van der Waals surface area (Å²) in [6, 6.07) is 23.0. The van der Waals surface area contributed by atoms with Gasteiger partial charge in [-0.2, -0.15) is 5.10 Å². The van der Waals surface area contributed by atoms with Crippen LogP contribution in [0.1, 0.15) is 32.2 Å². The van der Waals surface area contributed by atoms with E-state index in [1.807, 2.05) is 79.7 Å². The average Bonchev–Trinajstić information content (AvgIpc) is 3.51. The Hall–Kier alpha value is -4.93. The molecule has 2 N–H and O–H groups in total. The van der Waals surface area contributed by atoms with Gasteiger partial charge in [-0.15, -0.1) is 0 Å². The minimum absolute atomic E-state index is 0.276. The van der Waals surface area contributed by atoms with E-state index in [1.54, 1.807) is 18.0 Å². The van der Waals surface area contributed by atoms with Gasteiger partial charge in [0, 0.05) is 48.3 Å². The maximum absolute atomic E-state index is 13.4. The van der Waals surface area contributed by atoms with Crippen LogP contribution in [0.4, 0.5) is 16.3 Å². The fourth-order valence-electron chi connectivity index (χ4n) is 5.80. The van der Waals surface area contributed by atoms with Gasteiger partial charge in [0.1, 0.15) is 23.9 Å². The highest BCUT2D eigenvalue weighted by atomic mass is 16.5. The Morgan fingerprint density at radius 1 is 0.979 bits per heavy atom. The summed E-state index contributed by atoms with van der Waals surface area (Å²) in [6.45, 7) is 12.9. The smallest absolute Gasteiger partial charge is 0.325 e. The molecule has 2 aromatic heterocycles. The third-order valence-corrected chi connectivity index (χ3v) is 8.40. The fourth-order valence-corrected chi connectivity index (χ4v) is 5.80. The second-order valence-electron chi connectivity index (χ2n) is 12.8. The lowest BCUT2D eigenvalue weighted by molar-refractivity contribution is 0.0322. The monoisotopic (exact) mass is 634 g/mol. The van der Waals surface area contributed by atoms with Crippen molar-refractivity contribution >= 4 is 28.3 Å². The van der Waals surface area contributed by atoms with Crippen molar-refractivity contribution in [2.45, 2.75) is 33.1 Å². The lowest BCUT2D eigenvalue weighted by Crippen LogP contribution is -2.38. The van der Waals surface area contributed by atoms with Crippen LogP contribution >= 0.6 is 0 Å². The molecule has 0 aliphatic carbocycles. The molecular weight excluding hydrogens is 592 g/mol. The van der Waals surface area contributed by atoms with Crippen molar-refractivity contribution in [3.05, 3.63) is 90.4 Å². The van der Waals surface area contributed by atoms with Crippen LogP contribution in [0.15, 0.2) is 79.0 Å². The van der Waals surface area contributed by atoms with Crippen LogP contribution in [0.2, 0.25) is 0 Å². The Morgan fingerprint density at radius 3 is 2.40 bits per heavy atom. The molecule has 6 rings (SSSR count). The maximum Gasteiger partial charge on any atom is 0.325 e. The number of carbonyl (C=O) groups is 1. The van der Waals surface area contributed by atoms with Crippen LogP contribution in [-0.2, 0) is 10.2 Å². The summed E-state index contributed by atoms with van der Waals surface area (Å²) in [5.41, 5.74) is 10.9. The molecule has 1 aliphatic rings. The van der Waals surface area contributed by atoms with Gasteiger partial charge in [0.25, 0.3) is 0 Å². The van der Waals surface area contributed by atoms with Crippen molar-refractivity contribution in [1.29, 1.82) is 0 Å². The third kappa shape index (κ3) is 6.94. The second-order valence-corrected chi connectivity index (χ2v) is 12.8. The van der Waals surface area contributed by atoms with Crippen molar-refractivity contribution in [2.75, 3.05) is 51.5 Å². The quantitative estimate of drug-likeness (QED) is 0.194. The van der Waals surface area contributed by atoms with E-state index in [1.165, 1.54) is 4.90 Å². The van der Waals surface area contributed by atoms with Gasteiger partial charge in [0.2, 0.25) is 0 Å². The van der Waals surface area contributed by atoms with Gasteiger partial charge in [0.15, 0.2) is 0 Å². The predicted molar refractivity (Wildman–Crippen MR) is 185 cm³/mol. The number of nitrogens with zero attached hydrogens (tertiary/aromatic N) is 5. The van der Waals surface area contributed by atoms with E-state index in [2.05, 4.69) is 30.7 Å². The van der Waals surface area contributed by atoms with Crippen LogP contribution in [0, 0.1) is 6.92 Å². The maximum atomic E-state index is 13.4. The minimum Gasteiger partial charge on any atom is -0.497 e. The predicted octanol–water partition coefficient (Wildman–Crippen LogP) is 6.63. The van der Waals surface area contributed by atoms with Crippen LogP contribution in [0.25, 0.3) is 27.6 Å². The summed E-state index contributed by atoms with van der Waals surface area (Å²) in [5, 5.41) is 6.73. The summed E-state index contributed by atoms with van der Waals surface area (Å²) in [5.74, 6) is 1.95. The zero-order chi connectivity index (χ0) is 33.1. The van der Waals surface area contributed by atoms with Crippen molar-refractivity contribution in [2.24, 2.45) is 5.73 Å². The first kappa shape index (κ1) is 32.0. The van der Waals surface area contributed by atoms with Gasteiger partial charge in [-0.05, 0) is 53.8 Å². The number of morpholine rings is 1. The first-order valence-electron chi connectivity index (χ1n) is 15.9. The first-order valence-corrected chi connectivity index (χ1v) is 15.9. The molecule has 10 nitrogen and oxygen atoms in total. The molecule has 47 heavy (non-hydrogen) atoms. The number of anilines is 2. The molecule has 3 heterocycles. The average molecular weight is 635 g/mol. The molecular formula is C37H42N6O4. The van der Waals surface area contributed by atoms with E-state index in [0.717, 1.165) is 77.6 Å². The summed E-state index contributed by atoms with van der Waals surface area (Å²) >= 11 is 0. The van der Waals surface area contributed by atoms with E-state index in [9.17, 15) is 4.79 Å². The molecule has 2 amide bonds. The minimum atomic E-state index is -0.623. The zero-order valence-electron chi connectivity index (χ0n) is 27.7. The van der Waals surface area contributed by atoms with Crippen LogP contribution in [-0.4, -0.2) is 72.3 Å². The molecule has 0 spiro atoms. The molecule has 1 aliphatic heterocycles. The molecule has 0 radical (unpaired) electrons. The van der Waals surface area contributed by atoms with Gasteiger partial charge in [-0.3, -0.25) is 9.88 Å². The molecule has 0 saturated carbocycles. The number of aromatic nitrogens is 3. The first-order chi connectivity index (χ1) is 22.6. The molecule has 0 unspecified atom stereocenters. The number of aryl methyl sites for hydroxylation is 1. The molecule has 244 valence electrons. The largest absolute Gasteiger partial charge is 0.497 e. The van der Waals surface area contributed by atoms with Gasteiger partial charge < -0.3 is 19.9 Å². The van der Waals surface area contributed by atoms with Gasteiger partial charge >= 0.3 is 6.03 Å². The van der Waals surface area contributed by atoms with Crippen molar-refractivity contribution in [3.63, 3.8) is 0 Å². The van der Waals surface area contributed by atoms with E-state index in [-0.39, 0.29) is 5.41 Å². The van der Waals surface area contributed by atoms with Crippen molar-refractivity contribution in [1.82, 2.24) is 19.7 Å². The summed E-state index contributed by atoms with van der Waals surface area (Å²) in [6.07, 6.45) is 1.75. The highest BCUT2D eigenvalue weighted by Gasteiger charge is 2.28. The Kier molecular flexibility index (Phi) is 9.15. The number of carbonyl (C=O) groups excluding carboxylic acids is 1. The molecule has 3 aromatic carbocycles. The number of hydrogen-bond acceptors (Lipinski definition) is 7. The number of primary amides is 1. The number of fused-ring (bicyclic) bond motifs is 1. The van der Waals surface area contributed by atoms with Gasteiger partial charge in [0.05, 0.1) is 43.6 Å². The number of nitrogens with two attached hydrogens (primary N) is 1. The number of ether oxygens (including phenoxy) is 3. The molecule has 1 fully saturated rings. The van der Waals surface area contributed by atoms with Crippen molar-refractivity contribution in [3.8, 4) is 28.3 Å². The van der Waals surface area contributed by atoms with E-state index >= 15 is 0 Å². The Bertz CT molecular complexity index is 1870. The topological polar surface area (TPSA) is 108 Å². The SMILES string of the molecule is COc1cc(OCCN2CCOCC2)cc(-c2ccc(N(C(N)=O)c3cc(C(C)(C)C)nn3-c3ccc(C)nc3)c3ccccc23)c1. The Morgan fingerprint density at radius 2 is 1.72 bits per heavy atom. The second kappa shape index (κ2) is 13.4. The van der Waals surface area contributed by atoms with Crippen molar-refractivity contribution < 1.29 is 19.0 Å². The highest BCUT2D eigenvalue weighted by Crippen LogP contribution is 2.41. The standard InChI is InChI=1S/C37H42N6O4/c1-25-10-11-27(24-39-25)43-35(23-34(40-43)37(2,3)4)42(36(38)44)33-13-12-30(31-8-6-7-9-32(31)33)26-20-28(45-5)22-29(21-26)47-19-16-41-14-17-46-18-15-41/h6-13,20-24H,14-19H2,1-5H3,(H2,38,44). The summed E-state index contributed by atoms with van der Waals surface area (Å²) in [4.78, 5) is 21.7. The number of amides is 2. The number of methoxy groups -OCH3 is 1. The molecule has 10 heteroatoms. The van der Waals surface area contributed by atoms with Crippen LogP contribution in [0.3, 0.4) is 0 Å². The van der Waals surface area contributed by atoms with Crippen LogP contribution in [0.5, 0.6) is 11.5 Å². The highest BCUT2D eigenvalue weighted by molar-refractivity contribution is 6.10. The molecule has 5 aromatic rings. The number of pyridine rings is 1.